The van der Waals surface area contributed by atoms with Crippen LogP contribution < -0.4 is 24.8 Å². The van der Waals surface area contributed by atoms with Crippen LogP contribution in [0.2, 0.25) is 13.1 Å². The number of allylic oxidation sites excluding steroid dienone is 8. The Morgan fingerprint density at radius 2 is 0.875 bits per heavy atom. The van der Waals surface area contributed by atoms with Crippen molar-refractivity contribution in [3.8, 4) is 0 Å². The molecule has 24 heavy (non-hydrogen) atoms. The van der Waals surface area contributed by atoms with E-state index in [1.807, 2.05) is 6.56 Å². The number of hydrogen-bond acceptors (Lipinski definition) is 0. The molecule has 2 aliphatic carbocycles. The summed E-state index contributed by atoms with van der Waals surface area (Å²) in [4.78, 5) is 0. The van der Waals surface area contributed by atoms with Crippen molar-refractivity contribution in [2.45, 2.75) is 68.5 Å². The second-order valence-electron chi connectivity index (χ2n) is 6.97. The van der Waals surface area contributed by atoms with Gasteiger partial charge in [-0.05, 0) is 0 Å². The molecular formula is C20H34Cl2SiZr. The standard InChI is InChI=1S/2C9H13.C2H8Si.2ClH.Zr/c2*1-6-5-7(2)9(4)8(6)3;1-3-2;;;/h2*6H,1-4H3;3H2,1-2H3;2*1H;/q;;;;;+2/p-2. The first-order valence-electron chi connectivity index (χ1n) is 8.72. The molecule has 0 aromatic rings. The minimum Gasteiger partial charge on any atom is -1.00 e. The Labute approximate surface area is 176 Å². The van der Waals surface area contributed by atoms with E-state index in [0.717, 1.165) is 0 Å². The first kappa shape index (κ1) is 26.9. The molecule has 0 aromatic carbocycles. The van der Waals surface area contributed by atoms with E-state index in [-0.39, 0.29) is 24.8 Å². The summed E-state index contributed by atoms with van der Waals surface area (Å²) >= 11 is -0.601. The Hall–Kier alpha value is 0.640. The normalized spacial score (nSPS) is 22.9. The summed E-state index contributed by atoms with van der Waals surface area (Å²) in [6, 6.07) is 0. The largest absolute Gasteiger partial charge is 1.00 e. The molecule has 0 aliphatic heterocycles. The van der Waals surface area contributed by atoms with E-state index in [4.69, 9.17) is 0 Å². The van der Waals surface area contributed by atoms with Gasteiger partial charge in [-0.25, -0.2) is 0 Å². The van der Waals surface area contributed by atoms with Crippen LogP contribution in [-0.2, 0) is 23.2 Å². The van der Waals surface area contributed by atoms with Gasteiger partial charge in [-0.2, -0.15) is 0 Å². The second-order valence-corrected chi connectivity index (χ2v) is 11.6. The number of rotatable bonds is 2. The van der Waals surface area contributed by atoms with Crippen molar-refractivity contribution in [3.63, 3.8) is 0 Å². The van der Waals surface area contributed by atoms with E-state index in [1.165, 1.54) is 0 Å². The van der Waals surface area contributed by atoms with E-state index < -0.39 is 23.2 Å². The molecule has 0 bridgehead atoms. The molecule has 0 saturated heterocycles. The molecule has 136 valence electrons. The predicted octanol–water partition coefficient (Wildman–Crippen LogP) is -0.151. The van der Waals surface area contributed by atoms with Crippen molar-refractivity contribution in [1.29, 1.82) is 0 Å². The molecule has 2 aliphatic rings. The van der Waals surface area contributed by atoms with Gasteiger partial charge in [-0.15, -0.1) is 0 Å². The Morgan fingerprint density at radius 1 is 0.625 bits per heavy atom. The van der Waals surface area contributed by atoms with Crippen LogP contribution in [-0.4, -0.2) is 9.52 Å². The van der Waals surface area contributed by atoms with Crippen LogP contribution in [0.25, 0.3) is 0 Å². The zero-order valence-electron chi connectivity index (χ0n) is 17.1. The van der Waals surface area contributed by atoms with Gasteiger partial charge in [0.05, 0.1) is 0 Å². The Bertz CT molecular complexity index is 532. The van der Waals surface area contributed by atoms with E-state index in [0.29, 0.717) is 21.4 Å². The summed E-state index contributed by atoms with van der Waals surface area (Å²) in [6.07, 6.45) is 0. The molecule has 0 nitrogen and oxygen atoms in total. The summed E-state index contributed by atoms with van der Waals surface area (Å²) in [7, 11) is 0.417. The van der Waals surface area contributed by atoms with Crippen LogP contribution in [0, 0.1) is 11.8 Å². The molecule has 0 fully saturated rings. The molecule has 0 amide bonds. The molecule has 0 saturated carbocycles. The van der Waals surface area contributed by atoms with Crippen molar-refractivity contribution in [1.82, 2.24) is 0 Å². The van der Waals surface area contributed by atoms with E-state index >= 15 is 0 Å². The predicted molar refractivity (Wildman–Crippen MR) is 101 cm³/mol. The molecule has 0 aromatic heterocycles. The van der Waals surface area contributed by atoms with E-state index in [9.17, 15) is 0 Å². The zero-order chi connectivity index (χ0) is 17.2. The Morgan fingerprint density at radius 3 is 1.04 bits per heavy atom. The quantitative estimate of drug-likeness (QED) is 0.499. The third-order valence-electron chi connectivity index (χ3n) is 5.55. The van der Waals surface area contributed by atoms with Crippen molar-refractivity contribution < 1.29 is 48.0 Å². The number of hydrogen-bond donors (Lipinski definition) is 0. The maximum absolute atomic E-state index is 2.41. The first-order valence-corrected chi connectivity index (χ1v) is 14.0. The van der Waals surface area contributed by atoms with E-state index in [1.54, 1.807) is 33.4 Å². The van der Waals surface area contributed by atoms with Crippen LogP contribution in [0.1, 0.15) is 55.4 Å². The summed E-state index contributed by atoms with van der Waals surface area (Å²) in [5.41, 5.74) is 9.58. The minimum absolute atomic E-state index is 0. The molecule has 0 radical (unpaired) electrons. The van der Waals surface area contributed by atoms with Crippen LogP contribution in [0.5, 0.6) is 0 Å². The smallest absolute Gasteiger partial charge is 0.0135 e. The average Bonchev–Trinajstić information content (AvgIpc) is 2.77. The van der Waals surface area contributed by atoms with Crippen molar-refractivity contribution in [3.05, 3.63) is 40.0 Å². The maximum atomic E-state index is 2.41. The summed E-state index contributed by atoms with van der Waals surface area (Å²) in [6.45, 7) is 23.3. The molecule has 0 N–H and O–H groups in total. The minimum atomic E-state index is -0.601. The Balaban J connectivity index is 0. The molecular weight excluding hydrogens is 430 g/mol. The van der Waals surface area contributed by atoms with Gasteiger partial charge in [0.1, 0.15) is 0 Å². The van der Waals surface area contributed by atoms with Gasteiger partial charge in [-0.1, -0.05) is 13.1 Å². The van der Waals surface area contributed by atoms with Gasteiger partial charge >= 0.3 is 130 Å². The SMILES string of the molecule is CC1=C(C)C(C)[C]([Zr+2][C]2=C(C)C(C)=C(C)C2C)=C1C.C[SiH2]C.[Cl-].[Cl-]. The van der Waals surface area contributed by atoms with Crippen molar-refractivity contribution >= 4 is 9.52 Å². The Kier molecular flexibility index (Phi) is 12.7. The van der Waals surface area contributed by atoms with Crippen molar-refractivity contribution in [2.24, 2.45) is 11.8 Å². The van der Waals surface area contributed by atoms with Crippen LogP contribution >= 0.6 is 0 Å². The monoisotopic (exact) mass is 462 g/mol. The fourth-order valence-electron chi connectivity index (χ4n) is 3.28. The van der Waals surface area contributed by atoms with Crippen LogP contribution in [0.15, 0.2) is 40.0 Å². The summed E-state index contributed by atoms with van der Waals surface area (Å²) in [5.74, 6) is 1.42. The third-order valence-corrected chi connectivity index (χ3v) is 10.8. The zero-order valence-corrected chi connectivity index (χ0v) is 22.5. The second kappa shape index (κ2) is 11.4. The van der Waals surface area contributed by atoms with Gasteiger partial charge in [0.2, 0.25) is 0 Å². The van der Waals surface area contributed by atoms with Crippen LogP contribution in [0.4, 0.5) is 0 Å². The van der Waals surface area contributed by atoms with Gasteiger partial charge in [0, 0.05) is 9.52 Å². The first-order chi connectivity index (χ1) is 10.2. The molecule has 2 unspecified atom stereocenters. The third kappa shape index (κ3) is 5.32. The average molecular weight is 465 g/mol. The maximum Gasteiger partial charge on any atom is 0.0135 e. The summed E-state index contributed by atoms with van der Waals surface area (Å²) < 4.78 is 3.64. The van der Waals surface area contributed by atoms with Gasteiger partial charge in [-0.3, -0.25) is 0 Å². The van der Waals surface area contributed by atoms with Crippen molar-refractivity contribution in [2.75, 3.05) is 0 Å². The van der Waals surface area contributed by atoms with Gasteiger partial charge < -0.3 is 24.8 Å². The topological polar surface area (TPSA) is 0 Å². The summed E-state index contributed by atoms with van der Waals surface area (Å²) in [5, 5.41) is 0. The van der Waals surface area contributed by atoms with Gasteiger partial charge in [0.15, 0.2) is 0 Å². The number of halogens is 2. The van der Waals surface area contributed by atoms with Gasteiger partial charge in [0.25, 0.3) is 0 Å². The molecule has 0 heterocycles. The molecule has 4 heteroatoms. The fourth-order valence-corrected chi connectivity index (χ4v) is 7.96. The molecule has 2 rings (SSSR count). The molecule has 2 atom stereocenters. The fraction of sp³-hybridized carbons (Fsp3) is 0.600. The molecule has 0 spiro atoms. The van der Waals surface area contributed by atoms with Crippen LogP contribution in [0.3, 0.4) is 0 Å². The van der Waals surface area contributed by atoms with E-state index in [2.05, 4.69) is 68.5 Å².